The van der Waals surface area contributed by atoms with Crippen molar-refractivity contribution in [3.05, 3.63) is 33.3 Å². The van der Waals surface area contributed by atoms with E-state index in [0.717, 1.165) is 11.0 Å². The van der Waals surface area contributed by atoms with Gasteiger partial charge in [0.15, 0.2) is 0 Å². The summed E-state index contributed by atoms with van der Waals surface area (Å²) in [6.45, 7) is 9.05. The van der Waals surface area contributed by atoms with Crippen molar-refractivity contribution in [3.63, 3.8) is 0 Å². The minimum absolute atomic E-state index is 0.0519. The summed E-state index contributed by atoms with van der Waals surface area (Å²) in [5.41, 5.74) is 0.667. The van der Waals surface area contributed by atoms with Crippen LogP contribution in [0.4, 0.5) is 0 Å². The van der Waals surface area contributed by atoms with E-state index in [4.69, 9.17) is 11.6 Å². The van der Waals surface area contributed by atoms with Crippen molar-refractivity contribution >= 4 is 33.4 Å². The molecule has 0 aliphatic rings. The van der Waals surface area contributed by atoms with E-state index in [1.165, 1.54) is 0 Å². The molecule has 1 aromatic carbocycles. The number of rotatable bonds is 4. The summed E-state index contributed by atoms with van der Waals surface area (Å²) in [4.78, 5) is 14.3. The highest BCUT2D eigenvalue weighted by Crippen LogP contribution is 2.24. The number of benzene rings is 1. The fourth-order valence-electron chi connectivity index (χ4n) is 1.72. The molecule has 0 aromatic heterocycles. The Bertz CT molecular complexity index is 432. The van der Waals surface area contributed by atoms with Crippen LogP contribution in [0.3, 0.4) is 0 Å². The third-order valence-corrected chi connectivity index (χ3v) is 3.83. The van der Waals surface area contributed by atoms with Crippen molar-refractivity contribution in [1.29, 1.82) is 0 Å². The molecule has 1 rings (SSSR count). The Balaban J connectivity index is 2.98. The van der Waals surface area contributed by atoms with E-state index in [2.05, 4.69) is 29.8 Å². The summed E-state index contributed by atoms with van der Waals surface area (Å²) in [5.74, 6) is 0.503. The van der Waals surface area contributed by atoms with Gasteiger partial charge in [0.05, 0.1) is 5.02 Å². The standard InChI is InChI=1S/C14H19BrClNO/c1-9(2)8-17(10(3)4)14(18)11-5-6-13(16)12(15)7-11/h5-7,9-10H,8H2,1-4H3. The first-order chi connectivity index (χ1) is 8.32. The molecule has 1 aromatic rings. The Labute approximate surface area is 122 Å². The summed E-state index contributed by atoms with van der Waals surface area (Å²) >= 11 is 9.29. The van der Waals surface area contributed by atoms with Crippen molar-refractivity contribution in [1.82, 2.24) is 4.90 Å². The molecule has 0 unspecified atom stereocenters. The summed E-state index contributed by atoms with van der Waals surface area (Å²) in [6.07, 6.45) is 0. The van der Waals surface area contributed by atoms with Crippen molar-refractivity contribution in [2.24, 2.45) is 5.92 Å². The second-order valence-corrected chi connectivity index (χ2v) is 6.34. The average Bonchev–Trinajstić information content (AvgIpc) is 2.28. The van der Waals surface area contributed by atoms with Gasteiger partial charge in [-0.2, -0.15) is 0 Å². The molecule has 100 valence electrons. The zero-order valence-corrected chi connectivity index (χ0v) is 13.5. The zero-order valence-electron chi connectivity index (χ0n) is 11.2. The molecule has 0 bridgehead atoms. The van der Waals surface area contributed by atoms with Crippen LogP contribution in [-0.2, 0) is 0 Å². The minimum Gasteiger partial charge on any atom is -0.336 e. The topological polar surface area (TPSA) is 20.3 Å². The van der Waals surface area contributed by atoms with Gasteiger partial charge in [-0.1, -0.05) is 25.4 Å². The normalized spacial score (nSPS) is 11.1. The number of nitrogens with zero attached hydrogens (tertiary/aromatic N) is 1. The van der Waals surface area contributed by atoms with Crippen LogP contribution in [0.2, 0.25) is 5.02 Å². The molecule has 2 nitrogen and oxygen atoms in total. The largest absolute Gasteiger partial charge is 0.336 e. The molecule has 0 fully saturated rings. The van der Waals surface area contributed by atoms with Gasteiger partial charge in [0, 0.05) is 22.6 Å². The molecular formula is C14H19BrClNO. The fourth-order valence-corrected chi connectivity index (χ4v) is 2.21. The number of hydrogen-bond donors (Lipinski definition) is 0. The predicted molar refractivity (Wildman–Crippen MR) is 80.2 cm³/mol. The highest BCUT2D eigenvalue weighted by atomic mass is 79.9. The Morgan fingerprint density at radius 1 is 1.33 bits per heavy atom. The van der Waals surface area contributed by atoms with Gasteiger partial charge in [-0.3, -0.25) is 4.79 Å². The van der Waals surface area contributed by atoms with Gasteiger partial charge in [-0.05, 0) is 53.9 Å². The highest BCUT2D eigenvalue weighted by molar-refractivity contribution is 9.10. The van der Waals surface area contributed by atoms with Gasteiger partial charge in [-0.15, -0.1) is 0 Å². The van der Waals surface area contributed by atoms with Crippen LogP contribution in [0.1, 0.15) is 38.1 Å². The summed E-state index contributed by atoms with van der Waals surface area (Å²) in [5, 5.41) is 0.617. The maximum atomic E-state index is 12.4. The third kappa shape index (κ3) is 3.99. The van der Waals surface area contributed by atoms with E-state index >= 15 is 0 Å². The summed E-state index contributed by atoms with van der Waals surface area (Å²) in [6, 6.07) is 5.48. The lowest BCUT2D eigenvalue weighted by molar-refractivity contribution is 0.0682. The Kier molecular flexibility index (Phi) is 5.67. The monoisotopic (exact) mass is 331 g/mol. The van der Waals surface area contributed by atoms with Gasteiger partial charge in [0.25, 0.3) is 5.91 Å². The maximum Gasteiger partial charge on any atom is 0.254 e. The van der Waals surface area contributed by atoms with Crippen LogP contribution < -0.4 is 0 Å². The van der Waals surface area contributed by atoms with Crippen LogP contribution in [0.25, 0.3) is 0 Å². The van der Waals surface area contributed by atoms with Gasteiger partial charge < -0.3 is 4.90 Å². The second-order valence-electron chi connectivity index (χ2n) is 5.07. The van der Waals surface area contributed by atoms with Gasteiger partial charge in [-0.25, -0.2) is 0 Å². The zero-order chi connectivity index (χ0) is 13.9. The third-order valence-electron chi connectivity index (χ3n) is 2.61. The summed E-state index contributed by atoms with van der Waals surface area (Å²) in [7, 11) is 0. The SMILES string of the molecule is CC(C)CN(C(=O)c1ccc(Cl)c(Br)c1)C(C)C. The average molecular weight is 333 g/mol. The van der Waals surface area contributed by atoms with Gasteiger partial charge >= 0.3 is 0 Å². The van der Waals surface area contributed by atoms with Crippen LogP contribution in [-0.4, -0.2) is 23.4 Å². The van der Waals surface area contributed by atoms with Crippen molar-refractivity contribution in [2.75, 3.05) is 6.54 Å². The lowest BCUT2D eigenvalue weighted by Crippen LogP contribution is -2.39. The molecule has 4 heteroatoms. The first-order valence-electron chi connectivity index (χ1n) is 6.09. The number of halogens is 2. The lowest BCUT2D eigenvalue weighted by atomic mass is 10.1. The molecule has 0 radical (unpaired) electrons. The van der Waals surface area contributed by atoms with E-state index in [1.807, 2.05) is 18.7 Å². The quantitative estimate of drug-likeness (QED) is 0.788. The molecule has 0 heterocycles. The lowest BCUT2D eigenvalue weighted by Gasteiger charge is -2.28. The van der Waals surface area contributed by atoms with E-state index in [0.29, 0.717) is 16.5 Å². The Hall–Kier alpha value is -0.540. The smallest absolute Gasteiger partial charge is 0.254 e. The van der Waals surface area contributed by atoms with Crippen molar-refractivity contribution < 1.29 is 4.79 Å². The number of carbonyl (C=O) groups excluding carboxylic acids is 1. The molecule has 0 N–H and O–H groups in total. The van der Waals surface area contributed by atoms with E-state index in [1.54, 1.807) is 18.2 Å². The molecule has 1 amide bonds. The number of amides is 1. The molecule has 18 heavy (non-hydrogen) atoms. The van der Waals surface area contributed by atoms with E-state index in [-0.39, 0.29) is 11.9 Å². The second kappa shape index (κ2) is 6.58. The molecule has 0 saturated heterocycles. The first-order valence-corrected chi connectivity index (χ1v) is 7.26. The highest BCUT2D eigenvalue weighted by Gasteiger charge is 2.20. The van der Waals surface area contributed by atoms with Gasteiger partial charge in [0.1, 0.15) is 0 Å². The Morgan fingerprint density at radius 3 is 2.39 bits per heavy atom. The number of carbonyl (C=O) groups is 1. The van der Waals surface area contributed by atoms with Crippen LogP contribution in [0.15, 0.2) is 22.7 Å². The van der Waals surface area contributed by atoms with Crippen molar-refractivity contribution in [2.45, 2.75) is 33.7 Å². The fraction of sp³-hybridized carbons (Fsp3) is 0.500. The predicted octanol–water partition coefficient (Wildman–Crippen LogP) is 4.61. The molecule has 0 aliphatic heterocycles. The van der Waals surface area contributed by atoms with Crippen LogP contribution >= 0.6 is 27.5 Å². The maximum absolute atomic E-state index is 12.4. The van der Waals surface area contributed by atoms with Crippen LogP contribution in [0, 0.1) is 5.92 Å². The molecule has 0 atom stereocenters. The minimum atomic E-state index is 0.0519. The summed E-state index contributed by atoms with van der Waals surface area (Å²) < 4.78 is 0.753. The molecular weight excluding hydrogens is 314 g/mol. The first kappa shape index (κ1) is 15.5. The van der Waals surface area contributed by atoms with E-state index in [9.17, 15) is 4.79 Å². The van der Waals surface area contributed by atoms with Crippen molar-refractivity contribution in [3.8, 4) is 0 Å². The Morgan fingerprint density at radius 2 is 1.94 bits per heavy atom. The van der Waals surface area contributed by atoms with Crippen LogP contribution in [0.5, 0.6) is 0 Å². The van der Waals surface area contributed by atoms with Gasteiger partial charge in [0.2, 0.25) is 0 Å². The number of hydrogen-bond acceptors (Lipinski definition) is 1. The molecule has 0 saturated carbocycles. The molecule has 0 spiro atoms. The molecule has 0 aliphatic carbocycles. The van der Waals surface area contributed by atoms with E-state index < -0.39 is 0 Å².